The summed E-state index contributed by atoms with van der Waals surface area (Å²) in [5.74, 6) is 1.62. The normalized spacial score (nSPS) is 16.4. The highest BCUT2D eigenvalue weighted by Gasteiger charge is 2.27. The Morgan fingerprint density at radius 1 is 0.900 bits per heavy atom. The Morgan fingerprint density at radius 2 is 1.60 bits per heavy atom. The van der Waals surface area contributed by atoms with Crippen LogP contribution < -0.4 is 9.47 Å². The predicted molar refractivity (Wildman–Crippen MR) is 114 cm³/mol. The van der Waals surface area contributed by atoms with Crippen LogP contribution in [0.1, 0.15) is 22.8 Å². The second-order valence-corrected chi connectivity index (χ2v) is 7.27. The predicted octanol–water partition coefficient (Wildman–Crippen LogP) is 4.37. The summed E-state index contributed by atoms with van der Waals surface area (Å²) in [6, 6.07) is 25.8. The number of amides is 1. The fourth-order valence-corrected chi connectivity index (χ4v) is 3.44. The highest BCUT2D eigenvalue weighted by Crippen LogP contribution is 2.26. The summed E-state index contributed by atoms with van der Waals surface area (Å²) in [4.78, 5) is 14.2. The number of methoxy groups -OCH3 is 1. The highest BCUT2D eigenvalue weighted by molar-refractivity contribution is 5.78. The molecule has 1 aliphatic rings. The van der Waals surface area contributed by atoms with Crippen molar-refractivity contribution in [3.63, 3.8) is 0 Å². The van der Waals surface area contributed by atoms with Gasteiger partial charge in [0.05, 0.1) is 13.7 Å². The van der Waals surface area contributed by atoms with E-state index in [1.165, 1.54) is 0 Å². The zero-order valence-electron chi connectivity index (χ0n) is 17.0. The maximum absolute atomic E-state index is 12.3. The lowest BCUT2D eigenvalue weighted by Gasteiger charge is -2.33. The summed E-state index contributed by atoms with van der Waals surface area (Å²) in [5.41, 5.74) is 3.23. The first-order valence-corrected chi connectivity index (χ1v) is 10.0. The Kier molecular flexibility index (Phi) is 6.30. The number of morpholine rings is 1. The van der Waals surface area contributed by atoms with Crippen molar-refractivity contribution in [1.29, 1.82) is 0 Å². The standard InChI is InChI=1S/C25H25NO4/c1-28-22-11-7-19(8-12-22)15-26-16-24(30-18-25(26)27)21-9-13-23(14-10-21)29-17-20-5-3-2-4-6-20/h2-14,24H,15-18H2,1H3/t24-/m0/s1. The van der Waals surface area contributed by atoms with Gasteiger partial charge in [0.2, 0.25) is 5.91 Å². The fourth-order valence-electron chi connectivity index (χ4n) is 3.44. The van der Waals surface area contributed by atoms with Crippen molar-refractivity contribution in [1.82, 2.24) is 4.90 Å². The highest BCUT2D eigenvalue weighted by atomic mass is 16.5. The number of rotatable bonds is 7. The number of carbonyl (C=O) groups excluding carboxylic acids is 1. The molecule has 3 aromatic carbocycles. The van der Waals surface area contributed by atoms with Crippen LogP contribution in [0.2, 0.25) is 0 Å². The Balaban J connectivity index is 1.36. The van der Waals surface area contributed by atoms with Gasteiger partial charge in [0.15, 0.2) is 0 Å². The summed E-state index contributed by atoms with van der Waals surface area (Å²) in [6.45, 7) is 1.70. The van der Waals surface area contributed by atoms with Crippen LogP contribution in [-0.4, -0.2) is 31.1 Å². The van der Waals surface area contributed by atoms with Gasteiger partial charge in [0.1, 0.15) is 30.8 Å². The van der Waals surface area contributed by atoms with E-state index in [-0.39, 0.29) is 18.6 Å². The maximum atomic E-state index is 12.3. The minimum absolute atomic E-state index is 0.00452. The summed E-state index contributed by atoms with van der Waals surface area (Å²) in [7, 11) is 1.64. The quantitative estimate of drug-likeness (QED) is 0.588. The molecule has 4 rings (SSSR count). The molecule has 0 bridgehead atoms. The average molecular weight is 403 g/mol. The monoisotopic (exact) mass is 403 g/mol. The van der Waals surface area contributed by atoms with Crippen molar-refractivity contribution in [2.24, 2.45) is 0 Å². The van der Waals surface area contributed by atoms with Crippen LogP contribution in [-0.2, 0) is 22.7 Å². The van der Waals surface area contributed by atoms with Gasteiger partial charge < -0.3 is 19.1 Å². The third-order valence-corrected chi connectivity index (χ3v) is 5.18. The first-order chi connectivity index (χ1) is 14.7. The topological polar surface area (TPSA) is 48.0 Å². The second kappa shape index (κ2) is 9.46. The van der Waals surface area contributed by atoms with Crippen LogP contribution in [0.25, 0.3) is 0 Å². The Bertz CT molecular complexity index is 955. The molecule has 1 atom stereocenters. The van der Waals surface area contributed by atoms with E-state index in [9.17, 15) is 4.79 Å². The molecule has 3 aromatic rings. The Labute approximate surface area is 176 Å². The Hall–Kier alpha value is -3.31. The molecule has 0 N–H and O–H groups in total. The van der Waals surface area contributed by atoms with Gasteiger partial charge in [-0.15, -0.1) is 0 Å². The summed E-state index contributed by atoms with van der Waals surface area (Å²) in [5, 5.41) is 0. The minimum Gasteiger partial charge on any atom is -0.497 e. The third kappa shape index (κ3) is 4.99. The minimum atomic E-state index is -0.149. The number of carbonyl (C=O) groups is 1. The number of hydrogen-bond acceptors (Lipinski definition) is 4. The summed E-state index contributed by atoms with van der Waals surface area (Å²) in [6.07, 6.45) is -0.149. The maximum Gasteiger partial charge on any atom is 0.249 e. The Morgan fingerprint density at radius 3 is 2.30 bits per heavy atom. The first-order valence-electron chi connectivity index (χ1n) is 10.0. The van der Waals surface area contributed by atoms with Gasteiger partial charge in [-0.05, 0) is 41.0 Å². The molecule has 5 nitrogen and oxygen atoms in total. The van der Waals surface area contributed by atoms with E-state index in [1.54, 1.807) is 7.11 Å². The molecule has 1 heterocycles. The van der Waals surface area contributed by atoms with E-state index in [1.807, 2.05) is 83.8 Å². The van der Waals surface area contributed by atoms with Gasteiger partial charge >= 0.3 is 0 Å². The summed E-state index contributed by atoms with van der Waals surface area (Å²) >= 11 is 0. The van der Waals surface area contributed by atoms with Crippen LogP contribution >= 0.6 is 0 Å². The van der Waals surface area contributed by atoms with Gasteiger partial charge in [-0.25, -0.2) is 0 Å². The number of nitrogens with zero attached hydrogens (tertiary/aromatic N) is 1. The van der Waals surface area contributed by atoms with Crippen LogP contribution in [0.4, 0.5) is 0 Å². The second-order valence-electron chi connectivity index (χ2n) is 7.27. The van der Waals surface area contributed by atoms with E-state index < -0.39 is 0 Å². The molecule has 0 unspecified atom stereocenters. The van der Waals surface area contributed by atoms with Crippen molar-refractivity contribution in [3.05, 3.63) is 95.6 Å². The van der Waals surface area contributed by atoms with Gasteiger partial charge in [-0.2, -0.15) is 0 Å². The molecule has 0 spiro atoms. The average Bonchev–Trinajstić information content (AvgIpc) is 2.81. The lowest BCUT2D eigenvalue weighted by Crippen LogP contribution is -2.42. The number of hydrogen-bond donors (Lipinski definition) is 0. The van der Waals surface area contributed by atoms with Crippen LogP contribution in [0.5, 0.6) is 11.5 Å². The summed E-state index contributed by atoms with van der Waals surface area (Å²) < 4.78 is 16.8. The van der Waals surface area contributed by atoms with Crippen molar-refractivity contribution in [3.8, 4) is 11.5 Å². The molecule has 0 saturated carbocycles. The molecule has 0 aliphatic carbocycles. The van der Waals surface area contributed by atoms with E-state index in [0.717, 1.165) is 28.2 Å². The van der Waals surface area contributed by atoms with Crippen LogP contribution in [0, 0.1) is 0 Å². The lowest BCUT2D eigenvalue weighted by atomic mass is 10.1. The van der Waals surface area contributed by atoms with Gasteiger partial charge in [-0.1, -0.05) is 54.6 Å². The lowest BCUT2D eigenvalue weighted by molar-refractivity contribution is -0.150. The molecule has 5 heteroatoms. The molecule has 1 aliphatic heterocycles. The van der Waals surface area contributed by atoms with Crippen LogP contribution in [0.3, 0.4) is 0 Å². The molecule has 1 amide bonds. The van der Waals surface area contributed by atoms with Gasteiger partial charge in [0, 0.05) is 6.54 Å². The van der Waals surface area contributed by atoms with Crippen LogP contribution in [0.15, 0.2) is 78.9 Å². The van der Waals surface area contributed by atoms with E-state index in [0.29, 0.717) is 19.7 Å². The molecule has 0 radical (unpaired) electrons. The van der Waals surface area contributed by atoms with E-state index >= 15 is 0 Å². The SMILES string of the molecule is COc1ccc(CN2C[C@@H](c3ccc(OCc4ccccc4)cc3)OCC2=O)cc1. The number of benzene rings is 3. The third-order valence-electron chi connectivity index (χ3n) is 5.18. The largest absolute Gasteiger partial charge is 0.497 e. The van der Waals surface area contributed by atoms with E-state index in [2.05, 4.69) is 0 Å². The fraction of sp³-hybridized carbons (Fsp3) is 0.240. The van der Waals surface area contributed by atoms with Crippen molar-refractivity contribution < 1.29 is 19.0 Å². The molecule has 1 fully saturated rings. The first kappa shape index (κ1) is 20.0. The van der Waals surface area contributed by atoms with Crippen molar-refractivity contribution in [2.75, 3.05) is 20.3 Å². The van der Waals surface area contributed by atoms with Crippen molar-refractivity contribution in [2.45, 2.75) is 19.3 Å². The van der Waals surface area contributed by atoms with Gasteiger partial charge in [0.25, 0.3) is 0 Å². The zero-order chi connectivity index (χ0) is 20.8. The molecule has 0 aromatic heterocycles. The number of ether oxygens (including phenoxy) is 3. The molecular formula is C25H25NO4. The molecule has 30 heavy (non-hydrogen) atoms. The molecular weight excluding hydrogens is 378 g/mol. The zero-order valence-corrected chi connectivity index (χ0v) is 17.0. The van der Waals surface area contributed by atoms with Gasteiger partial charge in [-0.3, -0.25) is 4.79 Å². The van der Waals surface area contributed by atoms with E-state index in [4.69, 9.17) is 14.2 Å². The molecule has 1 saturated heterocycles. The molecule has 154 valence electrons. The smallest absolute Gasteiger partial charge is 0.249 e. The van der Waals surface area contributed by atoms with Crippen molar-refractivity contribution >= 4 is 5.91 Å².